The van der Waals surface area contributed by atoms with Crippen molar-refractivity contribution in [2.45, 2.75) is 91.1 Å². The number of halogens is 2. The molecular weight excluding hydrogens is 510 g/mol. The maximum absolute atomic E-state index is 14.5. The zero-order valence-corrected chi connectivity index (χ0v) is 24.1. The van der Waals surface area contributed by atoms with E-state index in [-0.39, 0.29) is 11.5 Å². The Bertz CT molecular complexity index is 1420. The van der Waals surface area contributed by atoms with Crippen LogP contribution in [-0.2, 0) is 31.2 Å². The van der Waals surface area contributed by atoms with Crippen LogP contribution in [0, 0.1) is 5.41 Å². The summed E-state index contributed by atoms with van der Waals surface area (Å²) < 4.78 is 32.8. The molecule has 40 heavy (non-hydrogen) atoms. The molecule has 0 spiro atoms. The monoisotopic (exact) mass is 550 g/mol. The van der Waals surface area contributed by atoms with Crippen LogP contribution in [0.15, 0.2) is 24.5 Å². The highest BCUT2D eigenvalue weighted by molar-refractivity contribution is 5.78. The number of alkyl halides is 2. The van der Waals surface area contributed by atoms with E-state index in [2.05, 4.69) is 28.5 Å². The minimum absolute atomic E-state index is 0.0171. The standard InChI is InChI=1S/C31H40F2N6O/c1-5-31(3)11-8-23(9-12-31)39-27-10-14-37(20(2)40)19-26(27)30(35-39)38-13-6-7-21-15-24(22-17-34-36(4)18-22)25(29(32)33)16-28(21)38/h15-18,23,29H,5-14,19H2,1-4H3. The first kappa shape index (κ1) is 27.0. The molecule has 1 aromatic carbocycles. The number of carbonyl (C=O) groups is 1. The molecule has 1 aliphatic carbocycles. The largest absolute Gasteiger partial charge is 0.338 e. The summed E-state index contributed by atoms with van der Waals surface area (Å²) in [6.45, 7) is 8.21. The highest BCUT2D eigenvalue weighted by Crippen LogP contribution is 2.46. The average molecular weight is 551 g/mol. The summed E-state index contributed by atoms with van der Waals surface area (Å²) in [5.74, 6) is 0.890. The Morgan fingerprint density at radius 2 is 1.95 bits per heavy atom. The third-order valence-corrected chi connectivity index (χ3v) is 9.75. The number of carbonyl (C=O) groups excluding carboxylic acids is 1. The zero-order valence-electron chi connectivity index (χ0n) is 24.1. The summed E-state index contributed by atoms with van der Waals surface area (Å²) in [7, 11) is 1.80. The molecular formula is C31H40F2N6O. The predicted molar refractivity (Wildman–Crippen MR) is 152 cm³/mol. The second kappa shape index (κ2) is 10.3. The van der Waals surface area contributed by atoms with Crippen LogP contribution in [0.5, 0.6) is 0 Å². The Kier molecular flexibility index (Phi) is 6.95. The van der Waals surface area contributed by atoms with Crippen LogP contribution < -0.4 is 4.90 Å². The molecule has 214 valence electrons. The van der Waals surface area contributed by atoms with E-state index < -0.39 is 6.43 Å². The van der Waals surface area contributed by atoms with Gasteiger partial charge in [0.1, 0.15) is 0 Å². The highest BCUT2D eigenvalue weighted by atomic mass is 19.3. The van der Waals surface area contributed by atoms with Gasteiger partial charge in [-0.05, 0) is 67.2 Å². The number of anilines is 2. The summed E-state index contributed by atoms with van der Waals surface area (Å²) in [6, 6.07) is 3.93. The Labute approximate surface area is 235 Å². The molecule has 0 bridgehead atoms. The van der Waals surface area contributed by atoms with Crippen molar-refractivity contribution in [3.63, 3.8) is 0 Å². The summed E-state index contributed by atoms with van der Waals surface area (Å²) >= 11 is 0. The van der Waals surface area contributed by atoms with Crippen LogP contribution in [0.4, 0.5) is 20.3 Å². The predicted octanol–water partition coefficient (Wildman–Crippen LogP) is 6.74. The van der Waals surface area contributed by atoms with Crippen molar-refractivity contribution < 1.29 is 13.6 Å². The number of hydrogen-bond donors (Lipinski definition) is 0. The van der Waals surface area contributed by atoms with Crippen molar-refractivity contribution in [1.82, 2.24) is 24.5 Å². The number of nitrogens with zero attached hydrogens (tertiary/aromatic N) is 6. The van der Waals surface area contributed by atoms with Gasteiger partial charge in [0.2, 0.25) is 5.91 Å². The van der Waals surface area contributed by atoms with Gasteiger partial charge in [0, 0.05) is 67.8 Å². The maximum atomic E-state index is 14.5. The van der Waals surface area contributed by atoms with Gasteiger partial charge in [0.15, 0.2) is 5.82 Å². The third-order valence-electron chi connectivity index (χ3n) is 9.75. The molecule has 7 nitrogen and oxygen atoms in total. The molecule has 0 unspecified atom stereocenters. The number of benzene rings is 1. The molecule has 0 radical (unpaired) electrons. The zero-order chi connectivity index (χ0) is 28.2. The Morgan fingerprint density at radius 3 is 2.60 bits per heavy atom. The normalized spacial score (nSPS) is 22.9. The Hall–Kier alpha value is -3.23. The van der Waals surface area contributed by atoms with Gasteiger partial charge in [0.05, 0.1) is 18.8 Å². The third kappa shape index (κ3) is 4.71. The van der Waals surface area contributed by atoms with E-state index in [0.29, 0.717) is 42.2 Å². The molecule has 1 fully saturated rings. The summed E-state index contributed by atoms with van der Waals surface area (Å²) in [5, 5.41) is 9.48. The summed E-state index contributed by atoms with van der Waals surface area (Å²) in [5.41, 5.74) is 5.80. The molecule has 2 aromatic heterocycles. The number of aryl methyl sites for hydroxylation is 2. The van der Waals surface area contributed by atoms with Crippen molar-refractivity contribution in [3.05, 3.63) is 46.9 Å². The molecule has 6 rings (SSSR count). The van der Waals surface area contributed by atoms with Gasteiger partial charge in [-0.25, -0.2) is 8.78 Å². The fourth-order valence-corrected chi connectivity index (χ4v) is 6.97. The molecule has 1 amide bonds. The number of hydrogen-bond acceptors (Lipinski definition) is 4. The molecule has 0 saturated heterocycles. The minimum Gasteiger partial charge on any atom is -0.338 e. The van der Waals surface area contributed by atoms with Crippen molar-refractivity contribution in [2.24, 2.45) is 12.5 Å². The van der Waals surface area contributed by atoms with Gasteiger partial charge in [-0.15, -0.1) is 0 Å². The first-order valence-corrected chi connectivity index (χ1v) is 14.7. The van der Waals surface area contributed by atoms with Crippen LogP contribution in [0.25, 0.3) is 11.1 Å². The highest BCUT2D eigenvalue weighted by Gasteiger charge is 2.36. The van der Waals surface area contributed by atoms with Gasteiger partial charge in [-0.2, -0.15) is 10.2 Å². The van der Waals surface area contributed by atoms with Gasteiger partial charge in [-0.1, -0.05) is 20.3 Å². The lowest BCUT2D eigenvalue weighted by atomic mass is 9.72. The number of aromatic nitrogens is 4. The second-order valence-corrected chi connectivity index (χ2v) is 12.3. The van der Waals surface area contributed by atoms with E-state index >= 15 is 0 Å². The van der Waals surface area contributed by atoms with Crippen LogP contribution in [0.3, 0.4) is 0 Å². The van der Waals surface area contributed by atoms with Gasteiger partial charge in [-0.3, -0.25) is 14.2 Å². The first-order valence-electron chi connectivity index (χ1n) is 14.7. The lowest BCUT2D eigenvalue weighted by Crippen LogP contribution is -2.36. The smallest absolute Gasteiger partial charge is 0.264 e. The molecule has 4 heterocycles. The Balaban J connectivity index is 1.44. The van der Waals surface area contributed by atoms with Gasteiger partial charge >= 0.3 is 0 Å². The lowest BCUT2D eigenvalue weighted by Gasteiger charge is -2.37. The van der Waals surface area contributed by atoms with E-state index in [1.165, 1.54) is 25.0 Å². The molecule has 9 heteroatoms. The quantitative estimate of drug-likeness (QED) is 0.353. The van der Waals surface area contributed by atoms with E-state index in [9.17, 15) is 13.6 Å². The average Bonchev–Trinajstić information content (AvgIpc) is 3.55. The van der Waals surface area contributed by atoms with E-state index in [1.54, 1.807) is 37.1 Å². The fourth-order valence-electron chi connectivity index (χ4n) is 6.97. The van der Waals surface area contributed by atoms with Crippen LogP contribution in [-0.4, -0.2) is 43.5 Å². The van der Waals surface area contributed by atoms with Crippen molar-refractivity contribution in [2.75, 3.05) is 18.0 Å². The van der Waals surface area contributed by atoms with Crippen LogP contribution in [0.2, 0.25) is 0 Å². The van der Waals surface area contributed by atoms with Crippen molar-refractivity contribution in [1.29, 1.82) is 0 Å². The number of rotatable bonds is 5. The number of fused-ring (bicyclic) bond motifs is 2. The van der Waals surface area contributed by atoms with Crippen molar-refractivity contribution in [3.8, 4) is 11.1 Å². The molecule has 3 aromatic rings. The van der Waals surface area contributed by atoms with E-state index in [0.717, 1.165) is 54.7 Å². The molecule has 0 atom stereocenters. The van der Waals surface area contributed by atoms with Crippen LogP contribution >= 0.6 is 0 Å². The maximum Gasteiger partial charge on any atom is 0.264 e. The van der Waals surface area contributed by atoms with Gasteiger partial charge < -0.3 is 9.80 Å². The molecule has 1 saturated carbocycles. The molecule has 3 aliphatic rings. The van der Waals surface area contributed by atoms with Crippen LogP contribution in [0.1, 0.15) is 94.1 Å². The van der Waals surface area contributed by atoms with Crippen molar-refractivity contribution >= 4 is 17.4 Å². The summed E-state index contributed by atoms with van der Waals surface area (Å²) in [6.07, 6.45) is 9.06. The molecule has 0 N–H and O–H groups in total. The Morgan fingerprint density at radius 1 is 1.18 bits per heavy atom. The minimum atomic E-state index is -2.61. The molecule has 2 aliphatic heterocycles. The van der Waals surface area contributed by atoms with E-state index in [4.69, 9.17) is 5.10 Å². The lowest BCUT2D eigenvalue weighted by molar-refractivity contribution is -0.129. The second-order valence-electron chi connectivity index (χ2n) is 12.3. The SMILES string of the molecule is CCC1(C)CCC(n2nc(N3CCCc4cc(-c5cnn(C)c5)c(C(F)F)cc43)c3c2CCN(C(C)=O)C3)CC1. The summed E-state index contributed by atoms with van der Waals surface area (Å²) in [4.78, 5) is 16.4. The first-order chi connectivity index (χ1) is 19.2. The van der Waals surface area contributed by atoms with E-state index in [1.807, 2.05) is 11.0 Å². The number of amides is 1. The topological polar surface area (TPSA) is 59.2 Å². The van der Waals surface area contributed by atoms with Gasteiger partial charge in [0.25, 0.3) is 6.43 Å². The fraction of sp³-hybridized carbons (Fsp3) is 0.581.